The minimum Gasteiger partial charge on any atom is -0.462 e. The van der Waals surface area contributed by atoms with Gasteiger partial charge in [-0.2, -0.15) is 0 Å². The van der Waals surface area contributed by atoms with Gasteiger partial charge in [-0.05, 0) is 83.8 Å². The van der Waals surface area contributed by atoms with Crippen LogP contribution in [-0.2, 0) is 19.1 Å². The molecule has 1 atom stereocenters. The molecule has 1 aromatic heterocycles. The molecule has 0 aromatic carbocycles. The number of hydrogen-bond acceptors (Lipinski definition) is 9. The molecule has 10 heteroatoms. The average molecular weight is 888 g/mol. The Morgan fingerprint density at radius 3 is 1.57 bits per heavy atom. The Balaban J connectivity index is 0.00000169. The van der Waals surface area contributed by atoms with Crippen molar-refractivity contribution in [2.45, 2.75) is 265 Å². The lowest BCUT2D eigenvalue weighted by Crippen LogP contribution is -2.28. The average Bonchev–Trinajstić information content (AvgIpc) is 3.29. The first-order valence-corrected chi connectivity index (χ1v) is 26.6. The highest BCUT2D eigenvalue weighted by molar-refractivity contribution is 5.91. The van der Waals surface area contributed by atoms with Crippen LogP contribution >= 0.6 is 0 Å². The second-order valence-electron chi connectivity index (χ2n) is 18.1. The van der Waals surface area contributed by atoms with Gasteiger partial charge < -0.3 is 30.2 Å². The molecule has 0 fully saturated rings. The van der Waals surface area contributed by atoms with Crippen molar-refractivity contribution in [3.8, 4) is 0 Å². The van der Waals surface area contributed by atoms with E-state index in [1.807, 2.05) is 7.11 Å². The summed E-state index contributed by atoms with van der Waals surface area (Å²) in [6.45, 7) is 12.8. The Hall–Kier alpha value is -2.59. The third-order valence-corrected chi connectivity index (χ3v) is 12.3. The molecule has 1 amide bonds. The van der Waals surface area contributed by atoms with Crippen LogP contribution in [0.25, 0.3) is 0 Å². The standard InChI is InChI=1S/C35H63N5O4.C18H38O/c1-3-5-6-7-11-16-22-31(4-2)44-34(42)23-17-12-10-14-19-26-40(25-18-13-8-9-15-20-28-41)27-21-24-37-33-29-32(35(36)43)38-30-39-33;1-4-6-8-10-12-14-16-18(19-3)17-15-13-11-9-7-5-2/h28-31H,3-27H2,1-2H3,(H2,36,43)(H,37,38,39);18H,4-17H2,1-3H3. The normalized spacial score (nSPS) is 11.7. The number of unbranched alkanes of at least 4 members (excludes halogenated alkanes) is 24. The SMILES string of the molecule is CCCCCCCCC(CC)OC(=O)CCCCCCCN(CCCCCCCC=O)CCCNc1cc(C(N)=O)ncn1.CCCCCCCCC(CCCCCCCC)OC. The van der Waals surface area contributed by atoms with Crippen molar-refractivity contribution in [1.82, 2.24) is 14.9 Å². The van der Waals surface area contributed by atoms with Crippen LogP contribution in [0.15, 0.2) is 12.4 Å². The molecule has 3 N–H and O–H groups in total. The number of carbonyl (C=O) groups is 3. The zero-order chi connectivity index (χ0) is 46.3. The third-order valence-electron chi connectivity index (χ3n) is 12.3. The molecule has 0 spiro atoms. The Kier molecular flexibility index (Phi) is 45.4. The lowest BCUT2D eigenvalue weighted by Gasteiger charge is -2.22. The van der Waals surface area contributed by atoms with Crippen LogP contribution in [0.5, 0.6) is 0 Å². The van der Waals surface area contributed by atoms with Crippen molar-refractivity contribution in [3.63, 3.8) is 0 Å². The van der Waals surface area contributed by atoms with Crippen LogP contribution in [-0.4, -0.2) is 78.5 Å². The topological polar surface area (TPSA) is 137 Å². The molecule has 1 aromatic rings. The number of aromatic nitrogens is 2. The number of amides is 1. The number of aldehydes is 1. The molecule has 1 rings (SSSR count). The molecule has 0 saturated heterocycles. The zero-order valence-electron chi connectivity index (χ0n) is 41.9. The Morgan fingerprint density at radius 1 is 0.619 bits per heavy atom. The van der Waals surface area contributed by atoms with Gasteiger partial charge in [0.1, 0.15) is 30.2 Å². The van der Waals surface area contributed by atoms with E-state index in [4.69, 9.17) is 15.2 Å². The number of methoxy groups -OCH3 is 1. The molecule has 63 heavy (non-hydrogen) atoms. The van der Waals surface area contributed by atoms with Gasteiger partial charge in [0.05, 0.1) is 6.10 Å². The van der Waals surface area contributed by atoms with E-state index in [2.05, 4.69) is 47.9 Å². The Labute approximate surface area is 388 Å². The van der Waals surface area contributed by atoms with Crippen molar-refractivity contribution in [1.29, 1.82) is 0 Å². The van der Waals surface area contributed by atoms with Gasteiger partial charge in [0, 0.05) is 32.6 Å². The van der Waals surface area contributed by atoms with Crippen LogP contribution in [0.4, 0.5) is 5.82 Å². The summed E-state index contributed by atoms with van der Waals surface area (Å²) in [7, 11) is 1.89. The highest BCUT2D eigenvalue weighted by atomic mass is 16.5. The molecule has 1 heterocycles. The van der Waals surface area contributed by atoms with Crippen molar-refractivity contribution in [2.24, 2.45) is 5.73 Å². The Bertz CT molecular complexity index is 1140. The van der Waals surface area contributed by atoms with Crippen molar-refractivity contribution in [3.05, 3.63) is 18.1 Å². The molecule has 0 aliphatic carbocycles. The minimum atomic E-state index is -0.559. The van der Waals surface area contributed by atoms with E-state index < -0.39 is 5.91 Å². The van der Waals surface area contributed by atoms with Gasteiger partial charge in [-0.3, -0.25) is 9.59 Å². The van der Waals surface area contributed by atoms with Crippen LogP contribution < -0.4 is 11.1 Å². The van der Waals surface area contributed by atoms with Crippen molar-refractivity contribution < 1.29 is 23.9 Å². The molecule has 0 aliphatic heterocycles. The van der Waals surface area contributed by atoms with Gasteiger partial charge in [-0.15, -0.1) is 0 Å². The van der Waals surface area contributed by atoms with E-state index in [9.17, 15) is 14.4 Å². The number of hydrogen-bond donors (Lipinski definition) is 2. The number of rotatable bonds is 46. The number of primary amides is 1. The summed E-state index contributed by atoms with van der Waals surface area (Å²) >= 11 is 0. The molecule has 0 bridgehead atoms. The first-order chi connectivity index (χ1) is 30.8. The van der Waals surface area contributed by atoms with Crippen LogP contribution in [0, 0.1) is 0 Å². The molecule has 368 valence electrons. The zero-order valence-corrected chi connectivity index (χ0v) is 41.9. The van der Waals surface area contributed by atoms with Crippen molar-refractivity contribution >= 4 is 24.0 Å². The summed E-state index contributed by atoms with van der Waals surface area (Å²) in [4.78, 5) is 44.8. The second kappa shape index (κ2) is 47.4. The second-order valence-corrected chi connectivity index (χ2v) is 18.1. The first-order valence-electron chi connectivity index (χ1n) is 26.6. The van der Waals surface area contributed by atoms with E-state index >= 15 is 0 Å². The summed E-state index contributed by atoms with van der Waals surface area (Å²) in [6.07, 6.45) is 45.0. The van der Waals surface area contributed by atoms with Crippen LogP contribution in [0.1, 0.15) is 263 Å². The molecular formula is C53H101N5O5. The van der Waals surface area contributed by atoms with Gasteiger partial charge >= 0.3 is 5.97 Å². The van der Waals surface area contributed by atoms with E-state index in [1.54, 1.807) is 6.07 Å². The molecule has 1 unspecified atom stereocenters. The summed E-state index contributed by atoms with van der Waals surface area (Å²) in [5, 5.41) is 3.27. The number of carbonyl (C=O) groups excluding carboxylic acids is 3. The van der Waals surface area contributed by atoms with Gasteiger partial charge in [0.25, 0.3) is 5.91 Å². The number of nitrogens with one attached hydrogen (secondary N) is 1. The summed E-state index contributed by atoms with van der Waals surface area (Å²) < 4.78 is 11.4. The summed E-state index contributed by atoms with van der Waals surface area (Å²) in [5.74, 6) is 0.0285. The van der Waals surface area contributed by atoms with Crippen LogP contribution in [0.2, 0.25) is 0 Å². The third kappa shape index (κ3) is 40.6. The summed E-state index contributed by atoms with van der Waals surface area (Å²) in [6, 6.07) is 1.59. The predicted octanol–water partition coefficient (Wildman–Crippen LogP) is 14.1. The largest absolute Gasteiger partial charge is 0.462 e. The molecular weight excluding hydrogens is 787 g/mol. The minimum absolute atomic E-state index is 0.0263. The highest BCUT2D eigenvalue weighted by Gasteiger charge is 2.13. The maximum atomic E-state index is 12.3. The fourth-order valence-corrected chi connectivity index (χ4v) is 8.10. The summed E-state index contributed by atoms with van der Waals surface area (Å²) in [5.41, 5.74) is 5.53. The molecule has 0 aliphatic rings. The number of ether oxygens (including phenoxy) is 2. The quantitative estimate of drug-likeness (QED) is 0.0372. The van der Waals surface area contributed by atoms with Gasteiger partial charge in [0.15, 0.2) is 0 Å². The fourth-order valence-electron chi connectivity index (χ4n) is 8.10. The lowest BCUT2D eigenvalue weighted by atomic mass is 10.0. The number of esters is 1. The number of nitrogens with zero attached hydrogens (tertiary/aromatic N) is 3. The highest BCUT2D eigenvalue weighted by Crippen LogP contribution is 2.17. The maximum absolute atomic E-state index is 12.3. The smallest absolute Gasteiger partial charge is 0.306 e. The van der Waals surface area contributed by atoms with Gasteiger partial charge in [-0.25, -0.2) is 9.97 Å². The number of nitrogens with two attached hydrogens (primary N) is 1. The predicted molar refractivity (Wildman–Crippen MR) is 267 cm³/mol. The monoisotopic (exact) mass is 888 g/mol. The molecule has 0 saturated carbocycles. The molecule has 10 nitrogen and oxygen atoms in total. The Morgan fingerprint density at radius 2 is 1.08 bits per heavy atom. The van der Waals surface area contributed by atoms with Crippen molar-refractivity contribution in [2.75, 3.05) is 38.6 Å². The lowest BCUT2D eigenvalue weighted by molar-refractivity contribution is -0.149. The first kappa shape index (κ1) is 60.4. The van der Waals surface area contributed by atoms with E-state index in [1.165, 1.54) is 154 Å². The van der Waals surface area contributed by atoms with E-state index in [-0.39, 0.29) is 17.8 Å². The van der Waals surface area contributed by atoms with Gasteiger partial charge in [-0.1, -0.05) is 175 Å². The van der Waals surface area contributed by atoms with Gasteiger partial charge in [0.2, 0.25) is 0 Å². The fraction of sp³-hybridized carbons (Fsp3) is 0.868. The van der Waals surface area contributed by atoms with E-state index in [0.717, 1.165) is 96.7 Å². The molecule has 0 radical (unpaired) electrons. The maximum Gasteiger partial charge on any atom is 0.306 e. The number of anilines is 1. The van der Waals surface area contributed by atoms with E-state index in [0.29, 0.717) is 24.8 Å². The van der Waals surface area contributed by atoms with Crippen LogP contribution in [0.3, 0.4) is 0 Å².